The Bertz CT molecular complexity index is 207. The molecule has 1 nitrogen and oxygen atoms in total. The fraction of sp³-hybridized carbons (Fsp3) is 0.200. The van der Waals surface area contributed by atoms with E-state index in [1.54, 1.807) is 19.1 Å². The van der Waals surface area contributed by atoms with Gasteiger partial charge in [-0.05, 0) is 26.0 Å². The standard InChI is InChI=1S/C7H8O.C3H4/c1-6-2-4-7(8)5-3-6;1-3-2/h2-5,8H,1H3;1H,2H3. The number of aryl methyl sites for hydroxylation is 1. The summed E-state index contributed by atoms with van der Waals surface area (Å²) in [6.07, 6.45) is 4.60. The van der Waals surface area contributed by atoms with Crippen LogP contribution >= 0.6 is 0 Å². The monoisotopic (exact) mass is 148 g/mol. The Morgan fingerprint density at radius 3 is 1.91 bits per heavy atom. The summed E-state index contributed by atoms with van der Waals surface area (Å²) in [6.45, 7) is 3.64. The third-order valence-electron chi connectivity index (χ3n) is 1.03. The van der Waals surface area contributed by atoms with Crippen LogP contribution in [-0.2, 0) is 0 Å². The molecule has 0 heterocycles. The number of rotatable bonds is 0. The van der Waals surface area contributed by atoms with Gasteiger partial charge in [0.05, 0.1) is 0 Å². The summed E-state index contributed by atoms with van der Waals surface area (Å²) in [5.74, 6) is 2.58. The quantitative estimate of drug-likeness (QED) is 0.560. The molecule has 1 aromatic rings. The van der Waals surface area contributed by atoms with Gasteiger partial charge in [-0.1, -0.05) is 17.7 Å². The molecule has 0 atom stereocenters. The van der Waals surface area contributed by atoms with Gasteiger partial charge in [-0.15, -0.1) is 12.3 Å². The molecule has 0 amide bonds. The molecule has 11 heavy (non-hydrogen) atoms. The Kier molecular flexibility index (Phi) is 4.68. The highest BCUT2D eigenvalue weighted by Crippen LogP contribution is 2.07. The minimum absolute atomic E-state index is 0.329. The van der Waals surface area contributed by atoms with E-state index < -0.39 is 0 Å². The van der Waals surface area contributed by atoms with E-state index >= 15 is 0 Å². The summed E-state index contributed by atoms with van der Waals surface area (Å²) < 4.78 is 0. The largest absolute Gasteiger partial charge is 0.508 e. The number of benzene rings is 1. The number of hydrogen-bond donors (Lipinski definition) is 1. The van der Waals surface area contributed by atoms with Gasteiger partial charge < -0.3 is 5.11 Å². The minimum Gasteiger partial charge on any atom is -0.508 e. The van der Waals surface area contributed by atoms with Crippen molar-refractivity contribution < 1.29 is 5.11 Å². The van der Waals surface area contributed by atoms with Crippen molar-refractivity contribution in [3.05, 3.63) is 29.8 Å². The van der Waals surface area contributed by atoms with Gasteiger partial charge in [-0.25, -0.2) is 0 Å². The maximum Gasteiger partial charge on any atom is 0.115 e. The van der Waals surface area contributed by atoms with Crippen molar-refractivity contribution in [3.8, 4) is 18.1 Å². The molecule has 1 heteroatoms. The first-order valence-electron chi connectivity index (χ1n) is 3.33. The lowest BCUT2D eigenvalue weighted by Crippen LogP contribution is -1.66. The van der Waals surface area contributed by atoms with Crippen molar-refractivity contribution in [2.45, 2.75) is 13.8 Å². The van der Waals surface area contributed by atoms with Crippen LogP contribution in [0.2, 0.25) is 0 Å². The average molecular weight is 148 g/mol. The summed E-state index contributed by atoms with van der Waals surface area (Å²) in [4.78, 5) is 0. The van der Waals surface area contributed by atoms with Gasteiger partial charge in [0.15, 0.2) is 0 Å². The Morgan fingerprint density at radius 2 is 1.64 bits per heavy atom. The molecule has 0 bridgehead atoms. The van der Waals surface area contributed by atoms with Crippen LogP contribution < -0.4 is 0 Å². The summed E-state index contributed by atoms with van der Waals surface area (Å²) in [5.41, 5.74) is 1.17. The van der Waals surface area contributed by atoms with Crippen LogP contribution in [-0.4, -0.2) is 5.11 Å². The second kappa shape index (κ2) is 5.37. The Labute approximate surface area is 67.7 Å². The van der Waals surface area contributed by atoms with Crippen LogP contribution in [0.15, 0.2) is 24.3 Å². The third kappa shape index (κ3) is 5.05. The Morgan fingerprint density at radius 1 is 1.27 bits per heavy atom. The first-order chi connectivity index (χ1) is 5.20. The van der Waals surface area contributed by atoms with Gasteiger partial charge in [0.25, 0.3) is 0 Å². The van der Waals surface area contributed by atoms with Gasteiger partial charge in [-0.2, -0.15) is 0 Å². The smallest absolute Gasteiger partial charge is 0.115 e. The number of hydrogen-bond acceptors (Lipinski definition) is 1. The third-order valence-corrected chi connectivity index (χ3v) is 1.03. The Balaban J connectivity index is 0.000000292. The van der Waals surface area contributed by atoms with E-state index in [0.29, 0.717) is 5.75 Å². The molecular weight excluding hydrogens is 136 g/mol. The highest BCUT2D eigenvalue weighted by Gasteiger charge is 1.82. The predicted molar refractivity (Wildman–Crippen MR) is 47.4 cm³/mol. The van der Waals surface area contributed by atoms with Gasteiger partial charge >= 0.3 is 0 Å². The molecule has 0 aliphatic rings. The molecule has 0 spiro atoms. The topological polar surface area (TPSA) is 20.2 Å². The Hall–Kier alpha value is -1.42. The lowest BCUT2D eigenvalue weighted by Gasteiger charge is -1.89. The zero-order valence-electron chi connectivity index (χ0n) is 6.83. The number of aromatic hydroxyl groups is 1. The summed E-state index contributed by atoms with van der Waals surface area (Å²) >= 11 is 0. The van der Waals surface area contributed by atoms with Gasteiger partial charge in [-0.3, -0.25) is 0 Å². The molecule has 0 saturated carbocycles. The molecular formula is C10H12O. The summed E-state index contributed by atoms with van der Waals surface area (Å²) in [6, 6.07) is 7.09. The number of terminal acetylenes is 1. The molecule has 0 fully saturated rings. The van der Waals surface area contributed by atoms with Crippen LogP contribution in [0.4, 0.5) is 0 Å². The van der Waals surface area contributed by atoms with Crippen LogP contribution in [0.3, 0.4) is 0 Å². The molecule has 0 unspecified atom stereocenters. The predicted octanol–water partition coefficient (Wildman–Crippen LogP) is 2.34. The highest BCUT2D eigenvalue weighted by atomic mass is 16.3. The lowest BCUT2D eigenvalue weighted by molar-refractivity contribution is 0.475. The van der Waals surface area contributed by atoms with E-state index in [9.17, 15) is 0 Å². The van der Waals surface area contributed by atoms with Crippen LogP contribution in [0.5, 0.6) is 5.75 Å². The molecule has 1 rings (SSSR count). The minimum atomic E-state index is 0.329. The fourth-order valence-corrected chi connectivity index (χ4v) is 0.545. The molecule has 1 N–H and O–H groups in total. The first-order valence-corrected chi connectivity index (χ1v) is 3.33. The zero-order chi connectivity index (χ0) is 8.69. The first kappa shape index (κ1) is 9.58. The van der Waals surface area contributed by atoms with Crippen molar-refractivity contribution in [2.75, 3.05) is 0 Å². The SMILES string of the molecule is C#CC.Cc1ccc(O)cc1. The van der Waals surface area contributed by atoms with Crippen LogP contribution in [0, 0.1) is 19.3 Å². The zero-order valence-corrected chi connectivity index (χ0v) is 6.83. The van der Waals surface area contributed by atoms with Gasteiger partial charge in [0.1, 0.15) is 5.75 Å². The molecule has 0 aliphatic heterocycles. The molecule has 0 saturated heterocycles. The van der Waals surface area contributed by atoms with Crippen molar-refractivity contribution in [1.29, 1.82) is 0 Å². The molecule has 58 valence electrons. The van der Waals surface area contributed by atoms with Crippen molar-refractivity contribution in [2.24, 2.45) is 0 Å². The second-order valence-corrected chi connectivity index (χ2v) is 2.12. The average Bonchev–Trinajstić information content (AvgIpc) is 1.97. The molecule has 0 aromatic heterocycles. The van der Waals surface area contributed by atoms with E-state index in [1.165, 1.54) is 5.56 Å². The summed E-state index contributed by atoms with van der Waals surface area (Å²) in [7, 11) is 0. The van der Waals surface area contributed by atoms with Crippen molar-refractivity contribution >= 4 is 0 Å². The molecule has 0 aliphatic carbocycles. The van der Waals surface area contributed by atoms with Crippen LogP contribution in [0.1, 0.15) is 12.5 Å². The van der Waals surface area contributed by atoms with E-state index in [2.05, 4.69) is 12.3 Å². The fourth-order valence-electron chi connectivity index (χ4n) is 0.545. The van der Waals surface area contributed by atoms with E-state index in [-0.39, 0.29) is 0 Å². The normalized spacial score (nSPS) is 7.36. The van der Waals surface area contributed by atoms with Crippen molar-refractivity contribution in [1.82, 2.24) is 0 Å². The van der Waals surface area contributed by atoms with E-state index in [1.807, 2.05) is 19.1 Å². The second-order valence-electron chi connectivity index (χ2n) is 2.12. The van der Waals surface area contributed by atoms with E-state index in [4.69, 9.17) is 5.11 Å². The number of phenolic OH excluding ortho intramolecular Hbond substituents is 1. The van der Waals surface area contributed by atoms with Gasteiger partial charge in [0, 0.05) is 0 Å². The number of phenols is 1. The van der Waals surface area contributed by atoms with Gasteiger partial charge in [0.2, 0.25) is 0 Å². The lowest BCUT2D eigenvalue weighted by atomic mass is 10.2. The molecule has 0 radical (unpaired) electrons. The highest BCUT2D eigenvalue weighted by molar-refractivity contribution is 5.24. The molecule has 1 aromatic carbocycles. The maximum atomic E-state index is 8.76. The van der Waals surface area contributed by atoms with E-state index in [0.717, 1.165) is 0 Å². The van der Waals surface area contributed by atoms with Crippen molar-refractivity contribution in [3.63, 3.8) is 0 Å². The summed E-state index contributed by atoms with van der Waals surface area (Å²) in [5, 5.41) is 8.76. The maximum absolute atomic E-state index is 8.76. The van der Waals surface area contributed by atoms with Crippen LogP contribution in [0.25, 0.3) is 0 Å².